The molecule has 3 unspecified atom stereocenters. The van der Waals surface area contributed by atoms with Gasteiger partial charge in [-0.05, 0) is 70.6 Å². The van der Waals surface area contributed by atoms with Crippen LogP contribution in [-0.4, -0.2) is 77.9 Å². The van der Waals surface area contributed by atoms with Crippen LogP contribution in [0.5, 0.6) is 0 Å². The molecule has 1 rings (SSSR count). The summed E-state index contributed by atoms with van der Waals surface area (Å²) in [6.07, 6.45) is 39.6. The van der Waals surface area contributed by atoms with Gasteiger partial charge in [-0.2, -0.15) is 0 Å². The van der Waals surface area contributed by atoms with E-state index in [9.17, 15) is 24.2 Å². The van der Waals surface area contributed by atoms with Crippen LogP contribution in [0.2, 0.25) is 0 Å². The molecule has 56 heavy (non-hydrogen) atoms. The van der Waals surface area contributed by atoms with Crippen molar-refractivity contribution >= 4 is 19.8 Å². The molecule has 1 aliphatic rings. The number of ether oxygens (including phenoxy) is 3. The second-order valence-electron chi connectivity index (χ2n) is 14.7. The lowest BCUT2D eigenvalue weighted by Gasteiger charge is -2.20. The molecule has 0 aromatic carbocycles. The van der Waals surface area contributed by atoms with Crippen LogP contribution in [-0.2, 0) is 37.4 Å². The lowest BCUT2D eigenvalue weighted by Crippen LogP contribution is -2.29. The zero-order valence-electron chi connectivity index (χ0n) is 34.8. The molecule has 0 bridgehead atoms. The van der Waals surface area contributed by atoms with Gasteiger partial charge in [0.1, 0.15) is 12.7 Å². The minimum atomic E-state index is -4.64. The van der Waals surface area contributed by atoms with Crippen molar-refractivity contribution in [2.45, 2.75) is 192 Å². The van der Waals surface area contributed by atoms with Crippen molar-refractivity contribution < 1.29 is 52.5 Å². The van der Waals surface area contributed by atoms with E-state index in [1.54, 1.807) is 0 Å². The molecule has 5 atom stereocenters. The maximum absolute atomic E-state index is 12.6. The molecule has 0 aromatic heterocycles. The van der Waals surface area contributed by atoms with Crippen LogP contribution < -0.4 is 0 Å². The minimum Gasteiger partial charge on any atom is -0.462 e. The molecule has 3 N–H and O–H groups in total. The zero-order valence-corrected chi connectivity index (χ0v) is 35.7. The summed E-state index contributed by atoms with van der Waals surface area (Å²) in [7, 11) is -4.64. The van der Waals surface area contributed by atoms with E-state index in [1.807, 2.05) is 6.08 Å². The van der Waals surface area contributed by atoms with Gasteiger partial charge in [0, 0.05) is 12.8 Å². The smallest absolute Gasteiger partial charge is 0.462 e. The molecular formula is C44H77O11P. The van der Waals surface area contributed by atoms with E-state index in [-0.39, 0.29) is 19.4 Å². The number of phosphoric acid groups is 1. The largest absolute Gasteiger partial charge is 0.472 e. The van der Waals surface area contributed by atoms with Gasteiger partial charge < -0.3 is 29.3 Å². The van der Waals surface area contributed by atoms with Gasteiger partial charge in [0.05, 0.1) is 32.0 Å². The Morgan fingerprint density at radius 1 is 0.643 bits per heavy atom. The number of esters is 2. The van der Waals surface area contributed by atoms with Crippen LogP contribution in [0.1, 0.15) is 168 Å². The van der Waals surface area contributed by atoms with Crippen LogP contribution in [0, 0.1) is 0 Å². The average Bonchev–Trinajstić information content (AvgIpc) is 3.94. The molecule has 12 heteroatoms. The van der Waals surface area contributed by atoms with Crippen molar-refractivity contribution in [3.63, 3.8) is 0 Å². The second kappa shape index (κ2) is 36.0. The highest BCUT2D eigenvalue weighted by Crippen LogP contribution is 2.43. The molecule has 0 amide bonds. The molecule has 0 spiro atoms. The maximum atomic E-state index is 12.6. The van der Waals surface area contributed by atoms with Gasteiger partial charge >= 0.3 is 19.8 Å². The lowest BCUT2D eigenvalue weighted by molar-refractivity contribution is -0.161. The van der Waals surface area contributed by atoms with Gasteiger partial charge in [0.2, 0.25) is 0 Å². The minimum absolute atomic E-state index is 0.149. The summed E-state index contributed by atoms with van der Waals surface area (Å²) in [5.74, 6) is -1.01. The van der Waals surface area contributed by atoms with Crippen LogP contribution >= 0.6 is 7.82 Å². The molecule has 1 heterocycles. The Kier molecular flexibility index (Phi) is 33.4. The topological polar surface area (TPSA) is 161 Å². The number of phosphoric ester groups is 1. The number of aliphatic hydroxyl groups is 2. The van der Waals surface area contributed by atoms with Crippen LogP contribution in [0.25, 0.3) is 0 Å². The first-order chi connectivity index (χ1) is 27.2. The molecule has 1 saturated heterocycles. The number of unbranched alkanes of at least 4 members (excludes halogenated alkanes) is 14. The third-order valence-corrected chi connectivity index (χ3v) is 10.3. The van der Waals surface area contributed by atoms with Gasteiger partial charge in [-0.3, -0.25) is 18.6 Å². The predicted molar refractivity (Wildman–Crippen MR) is 223 cm³/mol. The third-order valence-electron chi connectivity index (χ3n) is 9.38. The number of carbonyl (C=O) groups is 2. The fourth-order valence-corrected chi connectivity index (χ4v) is 6.69. The third kappa shape index (κ3) is 32.9. The first kappa shape index (κ1) is 51.9. The summed E-state index contributed by atoms with van der Waals surface area (Å²) in [5.41, 5.74) is 0. The predicted octanol–water partition coefficient (Wildman–Crippen LogP) is 10.3. The van der Waals surface area contributed by atoms with E-state index >= 15 is 0 Å². The lowest BCUT2D eigenvalue weighted by atomic mass is 10.1. The van der Waals surface area contributed by atoms with Gasteiger partial charge in [-0.25, -0.2) is 4.57 Å². The molecule has 0 radical (unpaired) electrons. The van der Waals surface area contributed by atoms with E-state index in [1.165, 1.54) is 57.8 Å². The monoisotopic (exact) mass is 813 g/mol. The number of allylic oxidation sites excluding steroid dienone is 7. The van der Waals surface area contributed by atoms with Gasteiger partial charge in [-0.15, -0.1) is 0 Å². The fourth-order valence-electron chi connectivity index (χ4n) is 5.90. The molecule has 1 aliphatic heterocycles. The van der Waals surface area contributed by atoms with Crippen molar-refractivity contribution in [3.05, 3.63) is 48.6 Å². The number of hydrogen-bond acceptors (Lipinski definition) is 10. The number of hydrogen-bond donors (Lipinski definition) is 3. The second-order valence-corrected chi connectivity index (χ2v) is 16.2. The van der Waals surface area contributed by atoms with Crippen molar-refractivity contribution in [2.24, 2.45) is 0 Å². The number of epoxide rings is 1. The van der Waals surface area contributed by atoms with Crippen LogP contribution in [0.4, 0.5) is 0 Å². The first-order valence-corrected chi connectivity index (χ1v) is 23.2. The van der Waals surface area contributed by atoms with Crippen molar-refractivity contribution in [3.8, 4) is 0 Å². The molecule has 11 nitrogen and oxygen atoms in total. The van der Waals surface area contributed by atoms with Gasteiger partial charge in [0.25, 0.3) is 0 Å². The summed E-state index contributed by atoms with van der Waals surface area (Å²) >= 11 is 0. The van der Waals surface area contributed by atoms with Crippen LogP contribution in [0.15, 0.2) is 48.6 Å². The van der Waals surface area contributed by atoms with E-state index in [2.05, 4.69) is 60.9 Å². The normalized spacial score (nSPS) is 17.9. The molecule has 1 fully saturated rings. The van der Waals surface area contributed by atoms with Gasteiger partial charge in [0.15, 0.2) is 6.10 Å². The Balaban J connectivity index is 2.30. The van der Waals surface area contributed by atoms with Gasteiger partial charge in [-0.1, -0.05) is 133 Å². The fraction of sp³-hybridized carbons (Fsp3) is 0.773. The summed E-state index contributed by atoms with van der Waals surface area (Å²) < 4.78 is 38.4. The van der Waals surface area contributed by atoms with Crippen molar-refractivity contribution in [1.29, 1.82) is 0 Å². The van der Waals surface area contributed by atoms with E-state index in [0.717, 1.165) is 64.2 Å². The van der Waals surface area contributed by atoms with Crippen LogP contribution in [0.3, 0.4) is 0 Å². The summed E-state index contributed by atoms with van der Waals surface area (Å²) in [6, 6.07) is 0. The quantitative estimate of drug-likeness (QED) is 0.0178. The molecule has 0 aromatic rings. The Bertz CT molecular complexity index is 1140. The zero-order chi connectivity index (χ0) is 41.0. The summed E-state index contributed by atoms with van der Waals surface area (Å²) in [4.78, 5) is 35.0. The Hall–Kier alpha value is -2.11. The highest BCUT2D eigenvalue weighted by atomic mass is 31.2. The number of aliphatic hydroxyl groups excluding tert-OH is 2. The van der Waals surface area contributed by atoms with E-state index in [4.69, 9.17) is 23.8 Å². The molecule has 0 saturated carbocycles. The van der Waals surface area contributed by atoms with E-state index < -0.39 is 51.8 Å². The Morgan fingerprint density at radius 2 is 1.18 bits per heavy atom. The SMILES string of the molecule is CCCCC/C=C\CC1OC1CCCCCCCC(=O)O[C@H](COC(=O)CCC/C=C\C/C=C\C/C=C\CCCCCCCC)COP(=O)(O)OC[C@@H](O)CO. The van der Waals surface area contributed by atoms with E-state index in [0.29, 0.717) is 31.5 Å². The Morgan fingerprint density at radius 3 is 1.88 bits per heavy atom. The number of carbonyl (C=O) groups excluding carboxylic acids is 2. The highest BCUT2D eigenvalue weighted by Gasteiger charge is 2.36. The summed E-state index contributed by atoms with van der Waals surface area (Å²) in [6.45, 7) is 2.25. The van der Waals surface area contributed by atoms with Crippen molar-refractivity contribution in [2.75, 3.05) is 26.4 Å². The van der Waals surface area contributed by atoms with Crippen molar-refractivity contribution in [1.82, 2.24) is 0 Å². The molecular weight excluding hydrogens is 735 g/mol. The average molecular weight is 813 g/mol. The highest BCUT2D eigenvalue weighted by molar-refractivity contribution is 7.47. The molecule has 0 aliphatic carbocycles. The first-order valence-electron chi connectivity index (χ1n) is 21.7. The maximum Gasteiger partial charge on any atom is 0.472 e. The molecule has 324 valence electrons. The Labute approximate surface area is 338 Å². The number of rotatable bonds is 39. The summed E-state index contributed by atoms with van der Waals surface area (Å²) in [5, 5.41) is 18.3. The standard InChI is InChI=1S/C44H77O11P/c1-3-5-7-9-11-12-13-14-15-16-17-18-19-20-21-25-29-33-43(47)51-37-40(38-53-56(49,50)52-36-39(46)35-45)54-44(48)34-30-26-22-24-28-32-42-41(55-42)31-27-23-10-8-6-4-2/h14-15,17-18,20-21,23,27,39-42,45-46H,3-13,16,19,22,24-26,28-38H2,1-2H3,(H,49,50)/b15-14-,18-17-,21-20-,27-23-/t39-,40+,41?,42?/m0/s1.